The molecule has 1 unspecified atom stereocenters. The van der Waals surface area contributed by atoms with E-state index in [-0.39, 0.29) is 5.92 Å². The van der Waals surface area contributed by atoms with Crippen molar-refractivity contribution >= 4 is 5.97 Å². The third-order valence-corrected chi connectivity index (χ3v) is 3.04. The summed E-state index contributed by atoms with van der Waals surface area (Å²) in [6.45, 7) is 5.12. The fraction of sp³-hybridized carbons (Fsp3) is 0.462. The predicted octanol–water partition coefficient (Wildman–Crippen LogP) is 2.54. The van der Waals surface area contributed by atoms with Crippen LogP contribution in [0.5, 0.6) is 0 Å². The van der Waals surface area contributed by atoms with E-state index in [0.29, 0.717) is 13.2 Å². The average molecular weight is 220 g/mol. The molecule has 1 aliphatic heterocycles. The Morgan fingerprint density at radius 1 is 1.31 bits per heavy atom. The quantitative estimate of drug-likeness (QED) is 0.851. The van der Waals surface area contributed by atoms with E-state index in [1.54, 1.807) is 0 Å². The zero-order valence-electron chi connectivity index (χ0n) is 9.56. The van der Waals surface area contributed by atoms with Crippen LogP contribution in [0, 0.1) is 5.92 Å². The second kappa shape index (κ2) is 4.26. The molecule has 1 heterocycles. The lowest BCUT2D eigenvalue weighted by molar-refractivity contribution is -0.139. The average Bonchev–Trinajstić information content (AvgIpc) is 2.63. The molecule has 0 aliphatic carbocycles. The minimum atomic E-state index is -0.756. The molecule has 0 radical (unpaired) electrons. The summed E-state index contributed by atoms with van der Waals surface area (Å²) in [4.78, 5) is 11.2. The normalized spacial score (nSPS) is 16.2. The Morgan fingerprint density at radius 3 is 2.62 bits per heavy atom. The van der Waals surface area contributed by atoms with Crippen molar-refractivity contribution in [2.24, 2.45) is 5.92 Å². The molecule has 0 saturated carbocycles. The summed E-state index contributed by atoms with van der Waals surface area (Å²) in [6, 6.07) is 5.86. The molecule has 0 bridgehead atoms. The summed E-state index contributed by atoms with van der Waals surface area (Å²) in [5.41, 5.74) is 3.19. The van der Waals surface area contributed by atoms with E-state index >= 15 is 0 Å². The fourth-order valence-electron chi connectivity index (χ4n) is 2.20. The highest BCUT2D eigenvalue weighted by atomic mass is 16.5. The molecule has 0 saturated heterocycles. The van der Waals surface area contributed by atoms with Gasteiger partial charge >= 0.3 is 5.97 Å². The van der Waals surface area contributed by atoms with Crippen molar-refractivity contribution in [1.82, 2.24) is 0 Å². The number of hydrogen-bond acceptors (Lipinski definition) is 2. The largest absolute Gasteiger partial charge is 0.481 e. The number of benzene rings is 1. The van der Waals surface area contributed by atoms with Crippen LogP contribution in [-0.4, -0.2) is 11.1 Å². The zero-order valence-corrected chi connectivity index (χ0v) is 9.56. The van der Waals surface area contributed by atoms with Gasteiger partial charge in [0.05, 0.1) is 19.1 Å². The highest BCUT2D eigenvalue weighted by molar-refractivity contribution is 5.76. The van der Waals surface area contributed by atoms with Gasteiger partial charge in [0.25, 0.3) is 0 Å². The SMILES string of the molecule is CC(C)C(C(=O)O)c1ccc2c(c1)COC2. The molecule has 2 rings (SSSR count). The Balaban J connectivity index is 2.35. The summed E-state index contributed by atoms with van der Waals surface area (Å²) < 4.78 is 5.32. The molecule has 1 aromatic rings. The number of ether oxygens (including phenoxy) is 1. The first-order valence-electron chi connectivity index (χ1n) is 5.52. The smallest absolute Gasteiger partial charge is 0.311 e. The van der Waals surface area contributed by atoms with Crippen molar-refractivity contribution in [3.63, 3.8) is 0 Å². The van der Waals surface area contributed by atoms with Crippen LogP contribution in [0.4, 0.5) is 0 Å². The summed E-state index contributed by atoms with van der Waals surface area (Å²) in [5, 5.41) is 9.21. The standard InChI is InChI=1S/C13H16O3/c1-8(2)12(13(14)15)9-3-4-10-6-16-7-11(10)5-9/h3-5,8,12H,6-7H2,1-2H3,(H,14,15). The van der Waals surface area contributed by atoms with Crippen molar-refractivity contribution in [2.45, 2.75) is 33.0 Å². The molecule has 1 aromatic carbocycles. The van der Waals surface area contributed by atoms with E-state index in [1.165, 1.54) is 5.56 Å². The Bertz CT molecular complexity index is 410. The van der Waals surface area contributed by atoms with Gasteiger partial charge in [-0.25, -0.2) is 0 Å². The molecule has 0 aromatic heterocycles. The molecule has 3 heteroatoms. The van der Waals surface area contributed by atoms with E-state index < -0.39 is 11.9 Å². The maximum atomic E-state index is 11.2. The first-order valence-corrected chi connectivity index (χ1v) is 5.52. The Morgan fingerprint density at radius 2 is 2.00 bits per heavy atom. The summed E-state index contributed by atoms with van der Waals surface area (Å²) >= 11 is 0. The van der Waals surface area contributed by atoms with Gasteiger partial charge in [-0.15, -0.1) is 0 Å². The third kappa shape index (κ3) is 1.95. The first-order chi connectivity index (χ1) is 7.59. The number of fused-ring (bicyclic) bond motifs is 1. The van der Waals surface area contributed by atoms with E-state index in [0.717, 1.165) is 11.1 Å². The lowest BCUT2D eigenvalue weighted by Gasteiger charge is -2.17. The monoisotopic (exact) mass is 220 g/mol. The van der Waals surface area contributed by atoms with Crippen LogP contribution in [0.1, 0.15) is 36.5 Å². The third-order valence-electron chi connectivity index (χ3n) is 3.04. The molecule has 1 N–H and O–H groups in total. The van der Waals surface area contributed by atoms with E-state index in [1.807, 2.05) is 32.0 Å². The summed E-state index contributed by atoms with van der Waals surface area (Å²) in [6.07, 6.45) is 0. The first kappa shape index (κ1) is 11.1. The van der Waals surface area contributed by atoms with Crippen LogP contribution in [0.15, 0.2) is 18.2 Å². The van der Waals surface area contributed by atoms with Crippen LogP contribution in [0.3, 0.4) is 0 Å². The lowest BCUT2D eigenvalue weighted by atomic mass is 9.87. The van der Waals surface area contributed by atoms with Gasteiger partial charge in [0.1, 0.15) is 0 Å². The second-order valence-electron chi connectivity index (χ2n) is 4.58. The maximum Gasteiger partial charge on any atom is 0.311 e. The minimum Gasteiger partial charge on any atom is -0.481 e. The van der Waals surface area contributed by atoms with Gasteiger partial charge in [-0.3, -0.25) is 4.79 Å². The molecular weight excluding hydrogens is 204 g/mol. The molecule has 0 fully saturated rings. The molecule has 1 aliphatic rings. The van der Waals surface area contributed by atoms with Gasteiger partial charge in [-0.1, -0.05) is 32.0 Å². The van der Waals surface area contributed by atoms with Crippen LogP contribution >= 0.6 is 0 Å². The van der Waals surface area contributed by atoms with E-state index in [4.69, 9.17) is 4.74 Å². The molecule has 0 spiro atoms. The Hall–Kier alpha value is -1.35. The lowest BCUT2D eigenvalue weighted by Crippen LogP contribution is -2.17. The highest BCUT2D eigenvalue weighted by Crippen LogP contribution is 2.29. The predicted molar refractivity (Wildman–Crippen MR) is 60.1 cm³/mol. The van der Waals surface area contributed by atoms with Crippen LogP contribution < -0.4 is 0 Å². The van der Waals surface area contributed by atoms with Crippen molar-refractivity contribution in [3.05, 3.63) is 34.9 Å². The van der Waals surface area contributed by atoms with Gasteiger partial charge in [0.15, 0.2) is 0 Å². The Labute approximate surface area is 95.0 Å². The number of rotatable bonds is 3. The molecule has 86 valence electrons. The van der Waals surface area contributed by atoms with Crippen LogP contribution in [0.2, 0.25) is 0 Å². The van der Waals surface area contributed by atoms with Gasteiger partial charge < -0.3 is 9.84 Å². The second-order valence-corrected chi connectivity index (χ2v) is 4.58. The van der Waals surface area contributed by atoms with Gasteiger partial charge in [-0.05, 0) is 22.6 Å². The molecule has 1 atom stereocenters. The van der Waals surface area contributed by atoms with Gasteiger partial charge in [0, 0.05) is 0 Å². The topological polar surface area (TPSA) is 46.5 Å². The van der Waals surface area contributed by atoms with E-state index in [2.05, 4.69) is 0 Å². The van der Waals surface area contributed by atoms with Crippen molar-refractivity contribution in [2.75, 3.05) is 0 Å². The number of carbonyl (C=O) groups is 1. The summed E-state index contributed by atoms with van der Waals surface area (Å²) in [5.74, 6) is -1.09. The fourth-order valence-corrected chi connectivity index (χ4v) is 2.20. The number of carboxylic acids is 1. The molecular formula is C13H16O3. The molecule has 3 nitrogen and oxygen atoms in total. The van der Waals surface area contributed by atoms with Crippen molar-refractivity contribution in [1.29, 1.82) is 0 Å². The van der Waals surface area contributed by atoms with Gasteiger partial charge in [-0.2, -0.15) is 0 Å². The summed E-state index contributed by atoms with van der Waals surface area (Å²) in [7, 11) is 0. The molecule has 16 heavy (non-hydrogen) atoms. The van der Waals surface area contributed by atoms with Crippen LogP contribution in [-0.2, 0) is 22.7 Å². The highest BCUT2D eigenvalue weighted by Gasteiger charge is 2.24. The number of aliphatic carboxylic acids is 1. The van der Waals surface area contributed by atoms with Crippen molar-refractivity contribution in [3.8, 4) is 0 Å². The molecule has 0 amide bonds. The maximum absolute atomic E-state index is 11.2. The Kier molecular flexibility index (Phi) is 2.97. The number of carboxylic acid groups (broad SMARTS) is 1. The zero-order chi connectivity index (χ0) is 11.7. The van der Waals surface area contributed by atoms with E-state index in [9.17, 15) is 9.90 Å². The van der Waals surface area contributed by atoms with Gasteiger partial charge in [0.2, 0.25) is 0 Å². The number of hydrogen-bond donors (Lipinski definition) is 1. The van der Waals surface area contributed by atoms with Crippen molar-refractivity contribution < 1.29 is 14.6 Å². The van der Waals surface area contributed by atoms with Crippen LogP contribution in [0.25, 0.3) is 0 Å². The minimum absolute atomic E-state index is 0.0953.